The number of amidine groups is 1. The number of allylic oxidation sites excluding steroid dienone is 1. The number of nitrogens with zero attached hydrogens (tertiary/aromatic N) is 2. The average Bonchev–Trinajstić information content (AvgIpc) is 2.22. The van der Waals surface area contributed by atoms with Crippen LogP contribution >= 0.6 is 0 Å². The molecule has 0 saturated carbocycles. The van der Waals surface area contributed by atoms with Crippen LogP contribution in [0.25, 0.3) is 0 Å². The zero-order valence-electron chi connectivity index (χ0n) is 4.61. The van der Waals surface area contributed by atoms with Crippen LogP contribution in [-0.4, -0.2) is 18.4 Å². The summed E-state index contributed by atoms with van der Waals surface area (Å²) in [5.41, 5.74) is 5.30. The highest BCUT2D eigenvalue weighted by Crippen LogP contribution is 2.15. The first-order valence-corrected chi connectivity index (χ1v) is 2.61. The van der Waals surface area contributed by atoms with E-state index in [0.29, 0.717) is 11.6 Å². The first-order chi connectivity index (χ1) is 4.36. The average molecular weight is 123 g/mol. The molecule has 46 valence electrons. The smallest absolute Gasteiger partial charge is 0.247 e. The first kappa shape index (κ1) is 4.69. The maximum Gasteiger partial charge on any atom is 0.247 e. The maximum atomic E-state index is 5.30. The van der Waals surface area contributed by atoms with Crippen LogP contribution in [0.3, 0.4) is 0 Å². The Labute approximate surface area is 51.7 Å². The van der Waals surface area contributed by atoms with Gasteiger partial charge in [-0.15, -0.1) is 0 Å². The Morgan fingerprint density at radius 3 is 3.33 bits per heavy atom. The molecule has 0 radical (unpaired) electrons. The van der Waals surface area contributed by atoms with Crippen molar-refractivity contribution in [3.63, 3.8) is 0 Å². The van der Waals surface area contributed by atoms with Crippen molar-refractivity contribution >= 4 is 12.1 Å². The number of aliphatic imine (C=N–C) groups is 2. The van der Waals surface area contributed by atoms with Crippen LogP contribution in [0.15, 0.2) is 21.8 Å². The molecule has 1 atom stereocenters. The van der Waals surface area contributed by atoms with E-state index in [-0.39, 0.29) is 0 Å². The van der Waals surface area contributed by atoms with E-state index < -0.39 is 6.35 Å². The zero-order valence-corrected chi connectivity index (χ0v) is 4.61. The minimum Gasteiger partial charge on any atom is -0.452 e. The Balaban J connectivity index is 2.40. The monoisotopic (exact) mass is 123 g/mol. The molecule has 4 heteroatoms. The van der Waals surface area contributed by atoms with Gasteiger partial charge in [0.2, 0.25) is 6.35 Å². The molecule has 0 saturated heterocycles. The third kappa shape index (κ3) is 0.565. The summed E-state index contributed by atoms with van der Waals surface area (Å²) in [7, 11) is 0. The Morgan fingerprint density at radius 1 is 1.67 bits per heavy atom. The van der Waals surface area contributed by atoms with Gasteiger partial charge >= 0.3 is 0 Å². The lowest BCUT2D eigenvalue weighted by molar-refractivity contribution is 0.163. The molecule has 0 bridgehead atoms. The molecule has 2 rings (SSSR count). The molecule has 0 aromatic carbocycles. The molecule has 2 aliphatic rings. The summed E-state index contributed by atoms with van der Waals surface area (Å²) in [5, 5.41) is 0. The molecule has 2 aliphatic heterocycles. The fourth-order valence-electron chi connectivity index (χ4n) is 0.780. The molecule has 1 unspecified atom stereocenters. The van der Waals surface area contributed by atoms with Gasteiger partial charge in [0.05, 0.1) is 0 Å². The zero-order chi connectivity index (χ0) is 6.27. The first-order valence-electron chi connectivity index (χ1n) is 2.61. The van der Waals surface area contributed by atoms with Crippen LogP contribution in [0, 0.1) is 0 Å². The standard InChI is InChI=1S/C5H5N3O/c6-5-8-4-3(9-5)1-2-7-4/h1-2,5H,6H2. The van der Waals surface area contributed by atoms with Crippen molar-refractivity contribution in [3.05, 3.63) is 11.8 Å². The summed E-state index contributed by atoms with van der Waals surface area (Å²) < 4.78 is 5.00. The van der Waals surface area contributed by atoms with Crippen molar-refractivity contribution in [2.45, 2.75) is 6.35 Å². The van der Waals surface area contributed by atoms with Gasteiger partial charge in [0.1, 0.15) is 0 Å². The van der Waals surface area contributed by atoms with Crippen molar-refractivity contribution in [1.82, 2.24) is 0 Å². The molecular weight excluding hydrogens is 118 g/mol. The summed E-state index contributed by atoms with van der Waals surface area (Å²) in [6.45, 7) is 0. The Morgan fingerprint density at radius 2 is 2.56 bits per heavy atom. The van der Waals surface area contributed by atoms with Gasteiger partial charge in [0, 0.05) is 12.3 Å². The van der Waals surface area contributed by atoms with Gasteiger partial charge in [-0.2, -0.15) is 0 Å². The summed E-state index contributed by atoms with van der Waals surface area (Å²) in [4.78, 5) is 7.73. The van der Waals surface area contributed by atoms with Gasteiger partial charge in [-0.25, -0.2) is 9.98 Å². The van der Waals surface area contributed by atoms with E-state index in [4.69, 9.17) is 10.5 Å². The van der Waals surface area contributed by atoms with Crippen LogP contribution < -0.4 is 5.73 Å². The summed E-state index contributed by atoms with van der Waals surface area (Å²) in [5.74, 6) is 1.30. The molecular formula is C5H5N3O. The van der Waals surface area contributed by atoms with Crippen LogP contribution in [0.1, 0.15) is 0 Å². The highest BCUT2D eigenvalue weighted by atomic mass is 16.5. The molecule has 2 heterocycles. The van der Waals surface area contributed by atoms with Gasteiger partial charge in [0.15, 0.2) is 11.6 Å². The maximum absolute atomic E-state index is 5.30. The van der Waals surface area contributed by atoms with E-state index in [1.165, 1.54) is 0 Å². The van der Waals surface area contributed by atoms with E-state index in [9.17, 15) is 0 Å². The largest absolute Gasteiger partial charge is 0.452 e. The molecule has 0 aromatic rings. The van der Waals surface area contributed by atoms with Crippen molar-refractivity contribution in [2.75, 3.05) is 0 Å². The van der Waals surface area contributed by atoms with Gasteiger partial charge in [0.25, 0.3) is 0 Å². The normalized spacial score (nSPS) is 29.2. The molecule has 0 amide bonds. The predicted molar refractivity (Wildman–Crippen MR) is 33.1 cm³/mol. The fourth-order valence-corrected chi connectivity index (χ4v) is 0.780. The third-order valence-corrected chi connectivity index (χ3v) is 1.14. The van der Waals surface area contributed by atoms with Gasteiger partial charge in [-0.05, 0) is 0 Å². The summed E-state index contributed by atoms with van der Waals surface area (Å²) in [6.07, 6.45) is 2.84. The van der Waals surface area contributed by atoms with E-state index >= 15 is 0 Å². The molecule has 0 aliphatic carbocycles. The van der Waals surface area contributed by atoms with Crippen molar-refractivity contribution in [2.24, 2.45) is 15.7 Å². The number of fused-ring (bicyclic) bond motifs is 1. The number of nitrogens with two attached hydrogens (primary N) is 1. The number of ether oxygens (including phenoxy) is 1. The second kappa shape index (κ2) is 1.41. The SMILES string of the molecule is NC1N=C2N=CC=C2O1. The van der Waals surface area contributed by atoms with E-state index in [2.05, 4.69) is 9.98 Å². The number of hydrogen-bond donors (Lipinski definition) is 1. The minimum absolute atomic E-state index is 0.538. The molecule has 4 nitrogen and oxygen atoms in total. The Kier molecular flexibility index (Phi) is 0.738. The van der Waals surface area contributed by atoms with Gasteiger partial charge in [-0.3, -0.25) is 5.73 Å². The summed E-state index contributed by atoms with van der Waals surface area (Å²) >= 11 is 0. The lowest BCUT2D eigenvalue weighted by Gasteiger charge is -1.97. The quantitative estimate of drug-likeness (QED) is 0.477. The van der Waals surface area contributed by atoms with Crippen LogP contribution in [-0.2, 0) is 4.74 Å². The second-order valence-corrected chi connectivity index (χ2v) is 1.77. The van der Waals surface area contributed by atoms with Crippen LogP contribution in [0.4, 0.5) is 0 Å². The summed E-state index contributed by atoms with van der Waals surface area (Å²) in [6, 6.07) is 0. The van der Waals surface area contributed by atoms with Gasteiger partial charge in [-0.1, -0.05) is 0 Å². The van der Waals surface area contributed by atoms with Crippen molar-refractivity contribution in [3.8, 4) is 0 Å². The van der Waals surface area contributed by atoms with E-state index in [1.54, 1.807) is 12.3 Å². The van der Waals surface area contributed by atoms with Gasteiger partial charge < -0.3 is 4.74 Å². The van der Waals surface area contributed by atoms with Crippen molar-refractivity contribution in [1.29, 1.82) is 0 Å². The number of rotatable bonds is 0. The molecule has 2 N–H and O–H groups in total. The Bertz CT molecular complexity index is 228. The lowest BCUT2D eigenvalue weighted by Crippen LogP contribution is -2.15. The molecule has 0 aromatic heterocycles. The van der Waals surface area contributed by atoms with E-state index in [0.717, 1.165) is 0 Å². The Hall–Kier alpha value is -1.16. The molecule has 0 fully saturated rings. The fraction of sp³-hybridized carbons (Fsp3) is 0.200. The lowest BCUT2D eigenvalue weighted by atomic mass is 10.5. The second-order valence-electron chi connectivity index (χ2n) is 1.77. The number of hydrogen-bond acceptors (Lipinski definition) is 4. The molecule has 9 heavy (non-hydrogen) atoms. The van der Waals surface area contributed by atoms with Crippen LogP contribution in [0.5, 0.6) is 0 Å². The van der Waals surface area contributed by atoms with Crippen molar-refractivity contribution < 1.29 is 4.74 Å². The highest BCUT2D eigenvalue weighted by molar-refractivity contribution is 6.10. The highest BCUT2D eigenvalue weighted by Gasteiger charge is 2.21. The molecule has 0 spiro atoms. The minimum atomic E-state index is -0.538. The third-order valence-electron chi connectivity index (χ3n) is 1.14. The van der Waals surface area contributed by atoms with Crippen LogP contribution in [0.2, 0.25) is 0 Å². The van der Waals surface area contributed by atoms with E-state index in [1.807, 2.05) is 0 Å². The predicted octanol–water partition coefficient (Wildman–Crippen LogP) is -0.374. The topological polar surface area (TPSA) is 60.0 Å².